The van der Waals surface area contributed by atoms with E-state index in [4.69, 9.17) is 0 Å². The summed E-state index contributed by atoms with van der Waals surface area (Å²) < 4.78 is 2.48. The number of aryl methyl sites for hydroxylation is 1. The van der Waals surface area contributed by atoms with Crippen molar-refractivity contribution in [3.05, 3.63) is 40.2 Å². The Hall–Kier alpha value is -1.61. The third-order valence-corrected chi connectivity index (χ3v) is 5.70. The number of nitrogens with one attached hydrogen (secondary N) is 1. The molecule has 1 aromatic carbocycles. The molecule has 1 aromatic heterocycles. The zero-order valence-electron chi connectivity index (χ0n) is 17.3. The first-order chi connectivity index (χ1) is 12.9. The monoisotopic (exact) mass is 501 g/mol. The molecule has 1 heterocycles. The number of halogens is 1. The number of amides is 1. The first kappa shape index (κ1) is 24.4. The molecule has 0 bridgehead atoms. The quantitative estimate of drug-likeness (QED) is 0.367. The van der Waals surface area contributed by atoms with E-state index in [0.29, 0.717) is 24.0 Å². The van der Waals surface area contributed by atoms with Gasteiger partial charge >= 0.3 is 0 Å². The Morgan fingerprint density at radius 1 is 1.11 bits per heavy atom. The number of benzene rings is 1. The molecule has 7 heteroatoms. The number of hydrogen-bond acceptors (Lipinski definition) is 3. The van der Waals surface area contributed by atoms with Crippen LogP contribution >= 0.6 is 0 Å². The molecule has 0 unspecified atom stereocenters. The number of fused-ring (bicyclic) bond motifs is 1. The van der Waals surface area contributed by atoms with Gasteiger partial charge in [0.25, 0.3) is 11.5 Å². The van der Waals surface area contributed by atoms with E-state index in [1.807, 2.05) is 13.0 Å². The van der Waals surface area contributed by atoms with Gasteiger partial charge in [-0.25, -0.2) is 0 Å². The van der Waals surface area contributed by atoms with Crippen molar-refractivity contribution in [2.75, 3.05) is 32.7 Å². The highest BCUT2D eigenvalue weighted by molar-refractivity contribution is 6.02. The van der Waals surface area contributed by atoms with Crippen LogP contribution in [0.2, 0.25) is 0 Å². The summed E-state index contributed by atoms with van der Waals surface area (Å²) in [7, 11) is 0. The molecule has 0 spiro atoms. The van der Waals surface area contributed by atoms with Gasteiger partial charge in [0.15, 0.2) is 0 Å². The molecule has 0 aliphatic heterocycles. The molecule has 1 amide bonds. The number of para-hydroxylation sites is 1. The summed E-state index contributed by atoms with van der Waals surface area (Å²) >= 11 is 0. The van der Waals surface area contributed by atoms with Crippen molar-refractivity contribution in [1.29, 1.82) is 0 Å². The van der Waals surface area contributed by atoms with Crippen molar-refractivity contribution in [2.45, 2.75) is 40.7 Å². The third-order valence-electron chi connectivity index (χ3n) is 5.70. The molecule has 2 N–H and O–H groups in total. The van der Waals surface area contributed by atoms with E-state index in [1.165, 1.54) is 0 Å². The second kappa shape index (κ2) is 10.8. The standard InChI is InChI=1S/C21H31N3O3.HI/c1-5-14-23-17-12-10-9-11-16(17)19(25)18(21(23)27)20(26)22-13-15-24(6-2,7-3)8-4;/h9-12H,5-8,13-15H2,1-4H3,(H-,22,25,26,27);1H. The molecule has 0 aliphatic carbocycles. The van der Waals surface area contributed by atoms with E-state index in [9.17, 15) is 14.7 Å². The Labute approximate surface area is 184 Å². The smallest absolute Gasteiger partial charge is 0.267 e. The minimum absolute atomic E-state index is 0. The van der Waals surface area contributed by atoms with E-state index < -0.39 is 11.5 Å². The first-order valence-electron chi connectivity index (χ1n) is 9.92. The second-order valence-electron chi connectivity index (χ2n) is 6.97. The maximum absolute atomic E-state index is 12.9. The molecule has 2 rings (SSSR count). The molecule has 0 radical (unpaired) electrons. The van der Waals surface area contributed by atoms with E-state index in [-0.39, 0.29) is 35.3 Å². The first-order valence-corrected chi connectivity index (χ1v) is 9.92. The molecule has 0 fully saturated rings. The number of likely N-dealkylation sites (N-methyl/N-ethyl adjacent to an activating group) is 1. The molecular formula is C21H32IN3O3. The fourth-order valence-corrected chi connectivity index (χ4v) is 3.68. The number of carbonyl (C=O) groups excluding carboxylic acids is 1. The molecule has 0 saturated heterocycles. The third kappa shape index (κ3) is 4.86. The average molecular weight is 501 g/mol. The normalized spacial score (nSPS) is 11.3. The zero-order valence-corrected chi connectivity index (χ0v) is 19.5. The molecule has 28 heavy (non-hydrogen) atoms. The van der Waals surface area contributed by atoms with Crippen LogP contribution in [0, 0.1) is 0 Å². The maximum Gasteiger partial charge on any atom is 0.267 e. The molecule has 0 atom stereocenters. The van der Waals surface area contributed by atoms with Gasteiger partial charge in [0.2, 0.25) is 0 Å². The lowest BCUT2D eigenvalue weighted by molar-refractivity contribution is -0.922. The lowest BCUT2D eigenvalue weighted by Gasteiger charge is -2.35. The molecule has 156 valence electrons. The lowest BCUT2D eigenvalue weighted by atomic mass is 10.1. The zero-order chi connectivity index (χ0) is 20.0. The number of hydrogen-bond donors (Lipinski definition) is 2. The number of carbonyl (C=O) groups is 1. The summed E-state index contributed by atoms with van der Waals surface area (Å²) in [5.41, 5.74) is 0.0505. The number of rotatable bonds is 9. The second-order valence-corrected chi connectivity index (χ2v) is 6.97. The molecule has 6 nitrogen and oxygen atoms in total. The van der Waals surface area contributed by atoms with Gasteiger partial charge in [-0.1, -0.05) is 19.1 Å². The number of aromatic hydroxyl groups is 1. The summed E-state index contributed by atoms with van der Waals surface area (Å²) in [5.74, 6) is -0.739. The maximum atomic E-state index is 12.9. The lowest BCUT2D eigenvalue weighted by Crippen LogP contribution is -3.00. The van der Waals surface area contributed by atoms with Gasteiger partial charge < -0.3 is 43.5 Å². The van der Waals surface area contributed by atoms with Crippen LogP contribution in [-0.2, 0) is 6.54 Å². The van der Waals surface area contributed by atoms with E-state index in [0.717, 1.165) is 37.1 Å². The van der Waals surface area contributed by atoms with Gasteiger partial charge in [-0.15, -0.1) is 0 Å². The van der Waals surface area contributed by atoms with Crippen LogP contribution in [0.1, 0.15) is 44.5 Å². The van der Waals surface area contributed by atoms with Crippen molar-refractivity contribution >= 4 is 16.8 Å². The molecule has 0 aliphatic rings. The molecule has 2 aromatic rings. The highest BCUT2D eigenvalue weighted by Crippen LogP contribution is 2.26. The van der Waals surface area contributed by atoms with Crippen LogP contribution in [0.5, 0.6) is 5.75 Å². The van der Waals surface area contributed by atoms with Crippen LogP contribution in [0.4, 0.5) is 0 Å². The Morgan fingerprint density at radius 2 is 1.71 bits per heavy atom. The van der Waals surface area contributed by atoms with Crippen molar-refractivity contribution in [3.8, 4) is 5.75 Å². The summed E-state index contributed by atoms with van der Waals surface area (Å²) in [6, 6.07) is 7.15. The Balaban J connectivity index is 0.00000392. The summed E-state index contributed by atoms with van der Waals surface area (Å²) in [6.45, 7) is 13.2. The van der Waals surface area contributed by atoms with Crippen LogP contribution in [0.25, 0.3) is 10.9 Å². The Kier molecular flexibility index (Phi) is 9.43. The number of nitrogens with zero attached hydrogens (tertiary/aromatic N) is 2. The topological polar surface area (TPSA) is 71.3 Å². The Morgan fingerprint density at radius 3 is 2.29 bits per heavy atom. The fraction of sp³-hybridized carbons (Fsp3) is 0.524. The summed E-state index contributed by atoms with van der Waals surface area (Å²) in [4.78, 5) is 25.6. The van der Waals surface area contributed by atoms with Crippen molar-refractivity contribution in [1.82, 2.24) is 9.88 Å². The van der Waals surface area contributed by atoms with Gasteiger partial charge in [-0.05, 0) is 39.3 Å². The number of quaternary nitrogens is 1. The highest BCUT2D eigenvalue weighted by atomic mass is 127. The average Bonchev–Trinajstić information content (AvgIpc) is 2.69. The molecule has 0 saturated carbocycles. The predicted octanol–water partition coefficient (Wildman–Crippen LogP) is -0.273. The van der Waals surface area contributed by atoms with E-state index in [2.05, 4.69) is 26.1 Å². The van der Waals surface area contributed by atoms with Gasteiger partial charge in [-0.3, -0.25) is 9.59 Å². The van der Waals surface area contributed by atoms with Crippen LogP contribution < -0.4 is 34.9 Å². The van der Waals surface area contributed by atoms with Gasteiger partial charge in [0, 0.05) is 11.9 Å². The molecular weight excluding hydrogens is 469 g/mol. The Bertz CT molecular complexity index is 852. The van der Waals surface area contributed by atoms with Crippen molar-refractivity contribution < 1.29 is 38.4 Å². The minimum Gasteiger partial charge on any atom is -1.00 e. The van der Waals surface area contributed by atoms with E-state index >= 15 is 0 Å². The van der Waals surface area contributed by atoms with Gasteiger partial charge in [0.05, 0.1) is 38.2 Å². The fourth-order valence-electron chi connectivity index (χ4n) is 3.68. The predicted molar refractivity (Wildman–Crippen MR) is 109 cm³/mol. The highest BCUT2D eigenvalue weighted by Gasteiger charge is 2.24. The number of aromatic nitrogens is 1. The summed E-state index contributed by atoms with van der Waals surface area (Å²) in [6.07, 6.45) is 0.763. The van der Waals surface area contributed by atoms with Crippen molar-refractivity contribution in [3.63, 3.8) is 0 Å². The van der Waals surface area contributed by atoms with Gasteiger partial charge in [0.1, 0.15) is 11.3 Å². The summed E-state index contributed by atoms with van der Waals surface area (Å²) in [5, 5.41) is 14.0. The number of pyridine rings is 1. The van der Waals surface area contributed by atoms with E-state index in [1.54, 1.807) is 22.8 Å². The van der Waals surface area contributed by atoms with Crippen LogP contribution in [-0.4, -0.2) is 52.8 Å². The van der Waals surface area contributed by atoms with Crippen molar-refractivity contribution in [2.24, 2.45) is 0 Å². The van der Waals surface area contributed by atoms with Crippen LogP contribution in [0.15, 0.2) is 29.1 Å². The SMILES string of the molecule is CCCn1c(=O)c(C(=O)NCC[N+](CC)(CC)CC)c(O)c2ccccc21.[I-]. The van der Waals surface area contributed by atoms with Gasteiger partial charge in [-0.2, -0.15) is 0 Å². The largest absolute Gasteiger partial charge is 1.00 e. The minimum atomic E-state index is -0.505. The van der Waals surface area contributed by atoms with Crippen LogP contribution in [0.3, 0.4) is 0 Å².